The van der Waals surface area contributed by atoms with Crippen LogP contribution < -0.4 is 19.6 Å². The van der Waals surface area contributed by atoms with Crippen molar-refractivity contribution in [2.24, 2.45) is 11.8 Å². The highest BCUT2D eigenvalue weighted by atomic mass is 15.4. The van der Waals surface area contributed by atoms with Gasteiger partial charge in [0.05, 0.1) is 36.1 Å². The van der Waals surface area contributed by atoms with Crippen molar-refractivity contribution < 1.29 is 0 Å². The van der Waals surface area contributed by atoms with Crippen LogP contribution in [0.2, 0.25) is 0 Å². The van der Waals surface area contributed by atoms with E-state index in [0.717, 1.165) is 26.4 Å². The zero-order chi connectivity index (χ0) is 28.5. The number of para-hydroxylation sites is 4. The predicted molar refractivity (Wildman–Crippen MR) is 176 cm³/mol. The summed E-state index contributed by atoms with van der Waals surface area (Å²) in [6.07, 6.45) is 0. The van der Waals surface area contributed by atoms with Crippen LogP contribution in [0.15, 0.2) is 97.1 Å². The van der Waals surface area contributed by atoms with Gasteiger partial charge in [0.15, 0.2) is 0 Å². The van der Waals surface area contributed by atoms with E-state index < -0.39 is 0 Å². The largest absolute Gasteiger partial charge is 0.352 e. The Kier molecular flexibility index (Phi) is 6.03. The van der Waals surface area contributed by atoms with Crippen LogP contribution in [0.3, 0.4) is 0 Å². The maximum atomic E-state index is 2.69. The third kappa shape index (κ3) is 3.80. The van der Waals surface area contributed by atoms with Crippen molar-refractivity contribution in [2.45, 2.75) is 51.6 Å². The Balaban J connectivity index is 1.23. The van der Waals surface area contributed by atoms with Crippen LogP contribution in [0.1, 0.15) is 61.8 Å². The molecule has 2 atom stereocenters. The zero-order valence-corrected chi connectivity index (χ0v) is 25.3. The molecule has 2 aliphatic heterocycles. The monoisotopic (exact) mass is 554 g/mol. The molecule has 0 unspecified atom stereocenters. The minimum Gasteiger partial charge on any atom is -0.352 e. The highest BCUT2D eigenvalue weighted by Crippen LogP contribution is 2.59. The van der Waals surface area contributed by atoms with Gasteiger partial charge >= 0.3 is 0 Å². The third-order valence-corrected chi connectivity index (χ3v) is 10.6. The fraction of sp³-hybridized carbons (Fsp3) is 0.368. The van der Waals surface area contributed by atoms with Crippen LogP contribution in [0, 0.1) is 11.8 Å². The van der Waals surface area contributed by atoms with Gasteiger partial charge in [-0.05, 0) is 86.1 Å². The van der Waals surface area contributed by atoms with E-state index in [1.54, 1.807) is 22.3 Å². The Bertz CT molecular complexity index is 1460. The highest BCUT2D eigenvalue weighted by Gasteiger charge is 2.51. The molecular formula is C38H42N4. The lowest BCUT2D eigenvalue weighted by atomic mass is 9.54. The summed E-state index contributed by atoms with van der Waals surface area (Å²) in [5.41, 5.74) is 11.8. The van der Waals surface area contributed by atoms with Gasteiger partial charge < -0.3 is 19.6 Å². The van der Waals surface area contributed by atoms with E-state index in [0.29, 0.717) is 35.8 Å². The highest BCUT2D eigenvalue weighted by molar-refractivity contribution is 5.78. The third-order valence-electron chi connectivity index (χ3n) is 10.6. The lowest BCUT2D eigenvalue weighted by Crippen LogP contribution is -2.50. The number of fused-ring (bicyclic) bond motifs is 3. The molecule has 5 aliphatic rings. The van der Waals surface area contributed by atoms with E-state index in [-0.39, 0.29) is 0 Å². The van der Waals surface area contributed by atoms with Gasteiger partial charge in [-0.1, -0.05) is 72.8 Å². The van der Waals surface area contributed by atoms with E-state index in [1.807, 2.05) is 0 Å². The first kappa shape index (κ1) is 25.8. The van der Waals surface area contributed by atoms with Crippen molar-refractivity contribution in [1.82, 2.24) is 0 Å². The minimum absolute atomic E-state index is 0.409. The second-order valence-corrected chi connectivity index (χ2v) is 13.4. The average molecular weight is 555 g/mol. The summed E-state index contributed by atoms with van der Waals surface area (Å²) in [7, 11) is 0. The molecule has 2 bridgehead atoms. The topological polar surface area (TPSA) is 13.0 Å². The first-order chi connectivity index (χ1) is 20.5. The number of rotatable bonds is 6. The quantitative estimate of drug-likeness (QED) is 0.240. The molecule has 0 radical (unpaired) electrons. The van der Waals surface area contributed by atoms with Gasteiger partial charge in [0, 0.05) is 37.0 Å². The van der Waals surface area contributed by atoms with Crippen molar-refractivity contribution in [3.05, 3.63) is 119 Å². The van der Waals surface area contributed by atoms with Crippen molar-refractivity contribution in [1.29, 1.82) is 0 Å². The number of anilines is 4. The molecule has 4 nitrogen and oxygen atoms in total. The summed E-state index contributed by atoms with van der Waals surface area (Å²) < 4.78 is 0. The minimum atomic E-state index is 0.409. The molecular weight excluding hydrogens is 512 g/mol. The first-order valence-corrected chi connectivity index (χ1v) is 15.9. The summed E-state index contributed by atoms with van der Waals surface area (Å²) in [6.45, 7) is 13.4. The smallest absolute Gasteiger partial charge is 0.0906 e. The summed E-state index contributed by atoms with van der Waals surface area (Å²) in [4.78, 5) is 10.5. The SMILES string of the molecule is CC(C)N1CN(C[C@H]2C3c4ccccc4C(c4ccccc43)[C@@H]2CN2CN(C(C)C)c3ccccc32)c2ccccc21. The maximum Gasteiger partial charge on any atom is 0.0906 e. The summed E-state index contributed by atoms with van der Waals surface area (Å²) in [5, 5.41) is 0. The molecule has 0 spiro atoms. The molecule has 4 aromatic carbocycles. The predicted octanol–water partition coefficient (Wildman–Crippen LogP) is 7.89. The first-order valence-electron chi connectivity index (χ1n) is 15.9. The van der Waals surface area contributed by atoms with E-state index in [2.05, 4.69) is 144 Å². The van der Waals surface area contributed by atoms with E-state index in [9.17, 15) is 0 Å². The molecule has 0 aromatic heterocycles. The van der Waals surface area contributed by atoms with Crippen LogP contribution in [0.5, 0.6) is 0 Å². The lowest BCUT2D eigenvalue weighted by molar-refractivity contribution is 0.235. The Labute approximate surface area is 251 Å². The van der Waals surface area contributed by atoms with E-state index in [4.69, 9.17) is 0 Å². The van der Waals surface area contributed by atoms with Gasteiger partial charge in [-0.15, -0.1) is 0 Å². The number of hydrogen-bond acceptors (Lipinski definition) is 4. The summed E-state index contributed by atoms with van der Waals surface area (Å²) in [5.74, 6) is 1.85. The number of hydrogen-bond donors (Lipinski definition) is 0. The van der Waals surface area contributed by atoms with Crippen LogP contribution in [-0.4, -0.2) is 38.5 Å². The molecule has 0 amide bonds. The van der Waals surface area contributed by atoms with Crippen molar-refractivity contribution in [2.75, 3.05) is 46.0 Å². The van der Waals surface area contributed by atoms with Gasteiger partial charge in [-0.25, -0.2) is 0 Å². The van der Waals surface area contributed by atoms with Gasteiger partial charge in [0.2, 0.25) is 0 Å². The molecule has 0 fully saturated rings. The Morgan fingerprint density at radius 2 is 0.786 bits per heavy atom. The maximum absolute atomic E-state index is 2.69. The second-order valence-electron chi connectivity index (χ2n) is 13.4. The van der Waals surface area contributed by atoms with Gasteiger partial charge in [-0.2, -0.15) is 0 Å². The molecule has 0 N–H and O–H groups in total. The molecule has 4 heteroatoms. The summed E-state index contributed by atoms with van der Waals surface area (Å²) >= 11 is 0. The number of benzene rings is 4. The molecule has 4 aromatic rings. The Hall–Kier alpha value is -3.92. The van der Waals surface area contributed by atoms with Crippen LogP contribution in [-0.2, 0) is 0 Å². The lowest BCUT2D eigenvalue weighted by Gasteiger charge is -2.52. The van der Waals surface area contributed by atoms with Crippen molar-refractivity contribution in [3.8, 4) is 0 Å². The van der Waals surface area contributed by atoms with Gasteiger partial charge in [-0.3, -0.25) is 0 Å². The Morgan fingerprint density at radius 3 is 1.12 bits per heavy atom. The number of nitrogens with zero attached hydrogens (tertiary/aromatic N) is 4. The fourth-order valence-electron chi connectivity index (χ4n) is 8.71. The molecule has 0 saturated heterocycles. The van der Waals surface area contributed by atoms with Gasteiger partial charge in [0.25, 0.3) is 0 Å². The second kappa shape index (κ2) is 9.83. The average Bonchev–Trinajstić information content (AvgIpc) is 3.57. The van der Waals surface area contributed by atoms with E-state index >= 15 is 0 Å². The zero-order valence-electron chi connectivity index (χ0n) is 25.3. The normalized spacial score (nSPS) is 23.5. The van der Waals surface area contributed by atoms with Gasteiger partial charge in [0.1, 0.15) is 0 Å². The molecule has 2 heterocycles. The molecule has 9 rings (SSSR count). The Morgan fingerprint density at radius 1 is 0.476 bits per heavy atom. The molecule has 42 heavy (non-hydrogen) atoms. The fourth-order valence-corrected chi connectivity index (χ4v) is 8.71. The van der Waals surface area contributed by atoms with Crippen molar-refractivity contribution >= 4 is 22.7 Å². The van der Waals surface area contributed by atoms with E-state index in [1.165, 1.54) is 22.7 Å². The molecule has 214 valence electrons. The molecule has 0 saturated carbocycles. The summed E-state index contributed by atoms with van der Waals surface area (Å²) in [6, 6.07) is 37.8. The van der Waals surface area contributed by atoms with Crippen LogP contribution in [0.25, 0.3) is 0 Å². The van der Waals surface area contributed by atoms with Crippen LogP contribution in [0.4, 0.5) is 22.7 Å². The standard InChI is InChI=1S/C38H42N4/c1-25(2)41-23-39(33-17-9-11-19-35(33)41)21-31-32(22-40-24-42(26(3)4)36-20-12-10-18-34(36)40)38-29-15-7-5-13-27(29)37(31)28-14-6-8-16-30(28)38/h5-20,25-26,31-32,37-38H,21-24H2,1-4H3/t31-,32-,37?,38?/m1/s1. The van der Waals surface area contributed by atoms with Crippen molar-refractivity contribution in [3.63, 3.8) is 0 Å². The molecule has 3 aliphatic carbocycles. The van der Waals surface area contributed by atoms with Crippen LogP contribution >= 0.6 is 0 Å².